The second-order valence-electron chi connectivity index (χ2n) is 7.73. The highest BCUT2D eigenvalue weighted by atomic mass is 35.5. The quantitative estimate of drug-likeness (QED) is 0.187. The van der Waals surface area contributed by atoms with Crippen LogP contribution in [-0.4, -0.2) is 47.2 Å². The average molecular weight is 363 g/mol. The van der Waals surface area contributed by atoms with E-state index in [4.69, 9.17) is 11.6 Å². The Hall–Kier alpha value is 0.210. The predicted octanol–water partition coefficient (Wildman–Crippen LogP) is 6.14. The second-order valence-corrected chi connectivity index (χ2v) is 8.35. The molecule has 1 N–H and O–H groups in total. The van der Waals surface area contributed by atoms with Crippen LogP contribution in [-0.2, 0) is 0 Å². The molecule has 0 aliphatic carbocycles. The van der Waals surface area contributed by atoms with Gasteiger partial charge in [-0.05, 0) is 27.2 Å². The lowest BCUT2D eigenvalue weighted by atomic mass is 10.0. The van der Waals surface area contributed by atoms with Crippen LogP contribution in [0, 0.1) is 0 Å². The van der Waals surface area contributed by atoms with Crippen LogP contribution in [0.2, 0.25) is 0 Å². The van der Waals surface area contributed by atoms with Crippen LogP contribution in [0.25, 0.3) is 0 Å². The van der Waals surface area contributed by atoms with Crippen molar-refractivity contribution >= 4 is 11.6 Å². The third-order valence-electron chi connectivity index (χ3n) is 5.53. The monoisotopic (exact) mass is 362 g/mol. The molecule has 3 heteroatoms. The van der Waals surface area contributed by atoms with Crippen molar-refractivity contribution in [3.63, 3.8) is 0 Å². The summed E-state index contributed by atoms with van der Waals surface area (Å²) >= 11 is 6.56. The Morgan fingerprint density at radius 3 is 1.75 bits per heavy atom. The molecule has 0 spiro atoms. The molecule has 2 unspecified atom stereocenters. The summed E-state index contributed by atoms with van der Waals surface area (Å²) in [7, 11) is 0. The molecule has 0 aliphatic heterocycles. The molecule has 0 rings (SSSR count). The van der Waals surface area contributed by atoms with E-state index in [1.807, 2.05) is 6.92 Å². The van der Waals surface area contributed by atoms with Crippen LogP contribution >= 0.6 is 11.6 Å². The summed E-state index contributed by atoms with van der Waals surface area (Å²) in [5, 5.41) is 10.1. The number of likely N-dealkylation sites (N-methyl/N-ethyl adjacent to an activating group) is 1. The van der Waals surface area contributed by atoms with Gasteiger partial charge in [-0.1, -0.05) is 64.7 Å². The van der Waals surface area contributed by atoms with Crippen LogP contribution in [0.15, 0.2) is 0 Å². The summed E-state index contributed by atoms with van der Waals surface area (Å²) in [6.07, 6.45) is 14.4. The largest absolute Gasteiger partial charge is 0.388 e. The van der Waals surface area contributed by atoms with Crippen molar-refractivity contribution < 1.29 is 9.59 Å². The fourth-order valence-corrected chi connectivity index (χ4v) is 3.94. The van der Waals surface area contributed by atoms with E-state index in [1.165, 1.54) is 57.8 Å². The third kappa shape index (κ3) is 12.6. The molecule has 0 bridgehead atoms. The Bertz CT molecular complexity index is 267. The van der Waals surface area contributed by atoms with Crippen molar-refractivity contribution in [3.8, 4) is 0 Å². The molecule has 0 aromatic heterocycles. The number of hydrogen-bond donors (Lipinski definition) is 1. The topological polar surface area (TPSA) is 20.2 Å². The van der Waals surface area contributed by atoms with E-state index < -0.39 is 0 Å². The number of halogens is 1. The van der Waals surface area contributed by atoms with Crippen LogP contribution in [0.5, 0.6) is 0 Å². The molecular formula is C21H45ClNO+. The minimum atomic E-state index is -0.226. The SMILES string of the molecule is CCCCCCCCCCCC(Cl)CC[N+](CC)(CC)CC(C)O. The molecule has 0 saturated carbocycles. The Labute approximate surface area is 157 Å². The minimum absolute atomic E-state index is 0.226. The van der Waals surface area contributed by atoms with E-state index in [-0.39, 0.29) is 6.10 Å². The average Bonchev–Trinajstić information content (AvgIpc) is 2.57. The number of aliphatic hydroxyl groups excluding tert-OH is 1. The van der Waals surface area contributed by atoms with Gasteiger partial charge in [-0.2, -0.15) is 0 Å². The smallest absolute Gasteiger partial charge is 0.105 e. The van der Waals surface area contributed by atoms with E-state index in [0.717, 1.165) is 43.5 Å². The number of unbranched alkanes of at least 4 members (excludes halogenated alkanes) is 8. The standard InChI is InChI=1S/C21H45ClNO/c1-5-8-9-10-11-12-13-14-15-16-21(22)17-18-23(6-2,7-3)19-20(4)24/h20-21,24H,5-19H2,1-4H3/q+1. The molecule has 2 nitrogen and oxygen atoms in total. The molecular weight excluding hydrogens is 318 g/mol. The fourth-order valence-electron chi connectivity index (χ4n) is 3.68. The van der Waals surface area contributed by atoms with E-state index in [1.54, 1.807) is 0 Å². The molecule has 0 heterocycles. The third-order valence-corrected chi connectivity index (χ3v) is 5.97. The second kappa shape index (κ2) is 15.5. The highest BCUT2D eigenvalue weighted by Gasteiger charge is 2.26. The number of quaternary nitrogens is 1. The van der Waals surface area contributed by atoms with Gasteiger partial charge in [-0.3, -0.25) is 0 Å². The fraction of sp³-hybridized carbons (Fsp3) is 1.00. The lowest BCUT2D eigenvalue weighted by molar-refractivity contribution is -0.927. The van der Waals surface area contributed by atoms with Crippen molar-refractivity contribution in [1.29, 1.82) is 0 Å². The molecule has 2 atom stereocenters. The molecule has 0 aromatic rings. The normalized spacial score (nSPS) is 14.8. The maximum Gasteiger partial charge on any atom is 0.105 e. The number of hydrogen-bond acceptors (Lipinski definition) is 1. The van der Waals surface area contributed by atoms with Crippen molar-refractivity contribution in [2.45, 2.75) is 110 Å². The van der Waals surface area contributed by atoms with Gasteiger partial charge in [0.25, 0.3) is 0 Å². The lowest BCUT2D eigenvalue weighted by Gasteiger charge is -2.38. The zero-order valence-corrected chi connectivity index (χ0v) is 17.8. The summed E-state index contributed by atoms with van der Waals surface area (Å²) in [4.78, 5) is 0. The van der Waals surface area contributed by atoms with Gasteiger partial charge in [0.2, 0.25) is 0 Å². The summed E-state index contributed by atoms with van der Waals surface area (Å²) in [5.74, 6) is 0. The molecule has 0 radical (unpaired) electrons. The zero-order chi connectivity index (χ0) is 18.3. The van der Waals surface area contributed by atoms with E-state index >= 15 is 0 Å². The van der Waals surface area contributed by atoms with Gasteiger partial charge in [0.1, 0.15) is 12.6 Å². The highest BCUT2D eigenvalue weighted by Crippen LogP contribution is 2.18. The number of alkyl halides is 1. The molecule has 24 heavy (non-hydrogen) atoms. The maximum absolute atomic E-state index is 9.76. The first-order valence-corrected chi connectivity index (χ1v) is 11.1. The van der Waals surface area contributed by atoms with Gasteiger partial charge in [-0.15, -0.1) is 11.6 Å². The number of aliphatic hydroxyl groups is 1. The lowest BCUT2D eigenvalue weighted by Crippen LogP contribution is -2.52. The first-order valence-electron chi connectivity index (χ1n) is 10.7. The maximum atomic E-state index is 9.76. The van der Waals surface area contributed by atoms with Crippen molar-refractivity contribution in [3.05, 3.63) is 0 Å². The first-order chi connectivity index (χ1) is 11.5. The van der Waals surface area contributed by atoms with Gasteiger partial charge in [-0.25, -0.2) is 0 Å². The highest BCUT2D eigenvalue weighted by molar-refractivity contribution is 6.20. The summed E-state index contributed by atoms with van der Waals surface area (Å²) in [5.41, 5.74) is 0. The summed E-state index contributed by atoms with van der Waals surface area (Å²) < 4.78 is 0.999. The van der Waals surface area contributed by atoms with Crippen LogP contribution in [0.3, 0.4) is 0 Å². The van der Waals surface area contributed by atoms with Gasteiger partial charge < -0.3 is 9.59 Å². The van der Waals surface area contributed by atoms with E-state index in [0.29, 0.717) is 5.38 Å². The molecule has 0 aliphatic rings. The molecule has 0 amide bonds. The van der Waals surface area contributed by atoms with Gasteiger partial charge >= 0.3 is 0 Å². The zero-order valence-electron chi connectivity index (χ0n) is 17.0. The summed E-state index contributed by atoms with van der Waals surface area (Å²) in [6, 6.07) is 0. The molecule has 146 valence electrons. The van der Waals surface area contributed by atoms with Crippen LogP contribution < -0.4 is 0 Å². The van der Waals surface area contributed by atoms with Crippen LogP contribution in [0.4, 0.5) is 0 Å². The van der Waals surface area contributed by atoms with Crippen molar-refractivity contribution in [2.24, 2.45) is 0 Å². The van der Waals surface area contributed by atoms with Gasteiger partial charge in [0.15, 0.2) is 0 Å². The minimum Gasteiger partial charge on any atom is -0.388 e. The number of nitrogens with zero attached hydrogens (tertiary/aromatic N) is 1. The Kier molecular flexibility index (Phi) is 15.6. The molecule has 0 fully saturated rings. The predicted molar refractivity (Wildman–Crippen MR) is 109 cm³/mol. The number of rotatable bonds is 17. The Morgan fingerprint density at radius 1 is 0.792 bits per heavy atom. The molecule has 0 saturated heterocycles. The Balaban J connectivity index is 3.72. The van der Waals surface area contributed by atoms with Crippen molar-refractivity contribution in [2.75, 3.05) is 26.2 Å². The van der Waals surface area contributed by atoms with Gasteiger partial charge in [0, 0.05) is 11.8 Å². The molecule has 0 aromatic carbocycles. The summed E-state index contributed by atoms with van der Waals surface area (Å²) in [6.45, 7) is 12.8. The van der Waals surface area contributed by atoms with Gasteiger partial charge in [0.05, 0.1) is 19.6 Å². The van der Waals surface area contributed by atoms with Crippen molar-refractivity contribution in [1.82, 2.24) is 0 Å². The Morgan fingerprint density at radius 2 is 1.29 bits per heavy atom. The first kappa shape index (κ1) is 24.2. The van der Waals surface area contributed by atoms with E-state index in [2.05, 4.69) is 20.8 Å². The van der Waals surface area contributed by atoms with E-state index in [9.17, 15) is 5.11 Å². The van der Waals surface area contributed by atoms with Crippen LogP contribution in [0.1, 0.15) is 98.3 Å².